The highest BCUT2D eigenvalue weighted by Crippen LogP contribution is 2.64. The second-order valence-electron chi connectivity index (χ2n) is 9.03. The van der Waals surface area contributed by atoms with Gasteiger partial charge in [-0.05, 0) is 72.8 Å². The maximum atomic E-state index is 12.5. The summed E-state index contributed by atoms with van der Waals surface area (Å²) in [7, 11) is 1.83. The van der Waals surface area contributed by atoms with Gasteiger partial charge in [0, 0.05) is 18.3 Å². The largest absolute Gasteiger partial charge is 0.501 e. The van der Waals surface area contributed by atoms with Gasteiger partial charge in [0.1, 0.15) is 5.78 Å². The Balaban J connectivity index is 1.74. The maximum Gasteiger partial charge on any atom is 0.139 e. The molecule has 0 radical (unpaired) electrons. The number of allylic oxidation sites excluding steroid dienone is 4. The van der Waals surface area contributed by atoms with Gasteiger partial charge < -0.3 is 4.74 Å². The number of rotatable bonds is 2. The summed E-state index contributed by atoms with van der Waals surface area (Å²) >= 11 is 0. The summed E-state index contributed by atoms with van der Waals surface area (Å²) in [5.41, 5.74) is 3.34. The van der Waals surface area contributed by atoms with E-state index < -0.39 is 0 Å². The molecule has 0 aliphatic heterocycles. The molecule has 2 nitrogen and oxygen atoms in total. The van der Waals surface area contributed by atoms with Crippen molar-refractivity contribution in [1.82, 2.24) is 0 Å². The maximum absolute atomic E-state index is 12.5. The van der Waals surface area contributed by atoms with Crippen LogP contribution in [0.2, 0.25) is 0 Å². The highest BCUT2D eigenvalue weighted by Gasteiger charge is 2.58. The van der Waals surface area contributed by atoms with Crippen molar-refractivity contribution >= 4 is 5.78 Å². The molecule has 4 rings (SSSR count). The SMILES string of the molecule is CCC1=C(OC)CC[C@@]2(C)C1=CC[C@@H]1[C@@H]2CC[C@]2(C)C(=O)CC[C@@H]12. The van der Waals surface area contributed by atoms with Gasteiger partial charge in [-0.25, -0.2) is 0 Å². The number of ether oxygens (including phenoxy) is 1. The van der Waals surface area contributed by atoms with Crippen LogP contribution in [0.4, 0.5) is 0 Å². The Bertz CT molecular complexity index is 628. The van der Waals surface area contributed by atoms with E-state index >= 15 is 0 Å². The van der Waals surface area contributed by atoms with Crippen LogP contribution < -0.4 is 0 Å². The van der Waals surface area contributed by atoms with E-state index in [-0.39, 0.29) is 5.41 Å². The fourth-order valence-electron chi connectivity index (χ4n) is 6.94. The molecule has 24 heavy (non-hydrogen) atoms. The minimum Gasteiger partial charge on any atom is -0.501 e. The number of carbonyl (C=O) groups excluding carboxylic acids is 1. The zero-order chi connectivity index (χ0) is 17.1. The van der Waals surface area contributed by atoms with E-state index in [0.717, 1.165) is 38.0 Å². The predicted molar refractivity (Wildman–Crippen MR) is 96.4 cm³/mol. The highest BCUT2D eigenvalue weighted by atomic mass is 16.5. The van der Waals surface area contributed by atoms with Gasteiger partial charge in [-0.3, -0.25) is 4.79 Å². The first kappa shape index (κ1) is 16.4. The molecule has 4 aliphatic rings. The van der Waals surface area contributed by atoms with Gasteiger partial charge in [0.15, 0.2) is 0 Å². The van der Waals surface area contributed by atoms with Gasteiger partial charge in [-0.2, -0.15) is 0 Å². The van der Waals surface area contributed by atoms with Gasteiger partial charge in [-0.15, -0.1) is 0 Å². The summed E-state index contributed by atoms with van der Waals surface area (Å²) in [4.78, 5) is 12.5. The number of ketones is 1. The third kappa shape index (κ3) is 1.98. The van der Waals surface area contributed by atoms with E-state index in [2.05, 4.69) is 26.8 Å². The topological polar surface area (TPSA) is 26.3 Å². The predicted octanol–water partition coefficient (Wildman–Crippen LogP) is 5.44. The molecule has 0 spiro atoms. The molecule has 2 fully saturated rings. The second-order valence-corrected chi connectivity index (χ2v) is 9.03. The van der Waals surface area contributed by atoms with Crippen molar-refractivity contribution in [1.29, 1.82) is 0 Å². The van der Waals surface area contributed by atoms with Gasteiger partial charge in [-0.1, -0.05) is 26.8 Å². The number of methoxy groups -OCH3 is 1. The van der Waals surface area contributed by atoms with Crippen molar-refractivity contribution in [2.75, 3.05) is 7.11 Å². The van der Waals surface area contributed by atoms with Crippen molar-refractivity contribution in [3.05, 3.63) is 23.0 Å². The molecule has 0 amide bonds. The minimum absolute atomic E-state index is 0.0152. The summed E-state index contributed by atoms with van der Waals surface area (Å²) in [5.74, 6) is 3.85. The molecule has 4 aliphatic carbocycles. The van der Waals surface area contributed by atoms with Gasteiger partial charge >= 0.3 is 0 Å². The third-order valence-corrected chi connectivity index (χ3v) is 8.31. The Morgan fingerprint density at radius 3 is 2.58 bits per heavy atom. The Morgan fingerprint density at radius 2 is 1.88 bits per heavy atom. The van der Waals surface area contributed by atoms with E-state index in [1.54, 1.807) is 5.57 Å². The third-order valence-electron chi connectivity index (χ3n) is 8.31. The van der Waals surface area contributed by atoms with E-state index in [1.807, 2.05) is 7.11 Å². The van der Waals surface area contributed by atoms with Gasteiger partial charge in [0.25, 0.3) is 0 Å². The van der Waals surface area contributed by atoms with E-state index in [4.69, 9.17) is 4.74 Å². The summed E-state index contributed by atoms with van der Waals surface area (Å²) in [6.45, 7) is 7.05. The number of hydrogen-bond donors (Lipinski definition) is 0. The average Bonchev–Trinajstić information content (AvgIpc) is 2.88. The molecule has 2 heteroatoms. The van der Waals surface area contributed by atoms with Crippen LogP contribution in [0.1, 0.15) is 72.1 Å². The lowest BCUT2D eigenvalue weighted by Gasteiger charge is -2.56. The van der Waals surface area contributed by atoms with Crippen molar-refractivity contribution in [3.8, 4) is 0 Å². The minimum atomic E-state index is -0.0152. The quantitative estimate of drug-likeness (QED) is 0.675. The number of hydrogen-bond acceptors (Lipinski definition) is 2. The van der Waals surface area contributed by atoms with Crippen molar-refractivity contribution in [3.63, 3.8) is 0 Å². The monoisotopic (exact) mass is 328 g/mol. The smallest absolute Gasteiger partial charge is 0.139 e. The molecule has 0 aromatic carbocycles. The first-order valence-corrected chi connectivity index (χ1v) is 9.96. The summed E-state index contributed by atoms with van der Waals surface area (Å²) in [6, 6.07) is 0. The highest BCUT2D eigenvalue weighted by molar-refractivity contribution is 5.87. The average molecular weight is 328 g/mol. The van der Waals surface area contributed by atoms with E-state index in [0.29, 0.717) is 23.0 Å². The zero-order valence-corrected chi connectivity index (χ0v) is 15.8. The fraction of sp³-hybridized carbons (Fsp3) is 0.773. The molecule has 0 heterocycles. The van der Waals surface area contributed by atoms with E-state index in [1.165, 1.54) is 30.6 Å². The summed E-state index contributed by atoms with van der Waals surface area (Å²) in [5, 5.41) is 0. The molecular weight excluding hydrogens is 296 g/mol. The summed E-state index contributed by atoms with van der Waals surface area (Å²) in [6.07, 6.45) is 11.4. The fourth-order valence-corrected chi connectivity index (χ4v) is 6.94. The van der Waals surface area contributed by atoms with Crippen LogP contribution in [0.5, 0.6) is 0 Å². The number of Topliss-reactive ketones (excluding diaryl/α,β-unsaturated/α-hetero) is 1. The first-order chi connectivity index (χ1) is 11.5. The zero-order valence-electron chi connectivity index (χ0n) is 15.8. The van der Waals surface area contributed by atoms with E-state index in [9.17, 15) is 4.79 Å². The number of fused-ring (bicyclic) bond motifs is 5. The lowest BCUT2D eigenvalue weighted by atomic mass is 9.48. The van der Waals surface area contributed by atoms with Crippen LogP contribution in [-0.4, -0.2) is 12.9 Å². The molecule has 0 N–H and O–H groups in total. The molecule has 5 atom stereocenters. The Labute approximate surface area is 146 Å². The lowest BCUT2D eigenvalue weighted by Crippen LogP contribution is -2.49. The molecule has 2 saturated carbocycles. The van der Waals surface area contributed by atoms with Crippen LogP contribution in [-0.2, 0) is 9.53 Å². The van der Waals surface area contributed by atoms with Crippen LogP contribution in [0.25, 0.3) is 0 Å². The molecule has 0 unspecified atom stereocenters. The molecular formula is C22H32O2. The van der Waals surface area contributed by atoms with Crippen LogP contribution in [0.15, 0.2) is 23.0 Å². The van der Waals surface area contributed by atoms with Crippen molar-refractivity contribution in [2.24, 2.45) is 28.6 Å². The standard InChI is InChI=1S/C22H32O2/c1-5-14-16-7-6-15-17-8-9-20(23)22(17,3)12-10-18(15)21(16,2)13-11-19(14)24-4/h7,15,17-18H,5-6,8-13H2,1-4H3/t15-,17-,18-,21-,22-/m0/s1. The van der Waals surface area contributed by atoms with Gasteiger partial charge in [0.05, 0.1) is 12.9 Å². The van der Waals surface area contributed by atoms with Gasteiger partial charge in [0.2, 0.25) is 0 Å². The molecule has 0 aromatic rings. The Hall–Kier alpha value is -1.05. The molecule has 0 aromatic heterocycles. The second kappa shape index (κ2) is 5.47. The molecule has 0 bridgehead atoms. The Morgan fingerprint density at radius 1 is 1.12 bits per heavy atom. The number of carbonyl (C=O) groups is 1. The lowest BCUT2D eigenvalue weighted by molar-refractivity contribution is -0.131. The normalized spacial score (nSPS) is 44.6. The van der Waals surface area contributed by atoms with Crippen LogP contribution in [0.3, 0.4) is 0 Å². The summed E-state index contributed by atoms with van der Waals surface area (Å²) < 4.78 is 5.72. The van der Waals surface area contributed by atoms with Crippen LogP contribution in [0, 0.1) is 28.6 Å². The molecule has 0 saturated heterocycles. The van der Waals surface area contributed by atoms with Crippen molar-refractivity contribution in [2.45, 2.75) is 72.1 Å². The van der Waals surface area contributed by atoms with Crippen molar-refractivity contribution < 1.29 is 9.53 Å². The molecule has 132 valence electrons. The first-order valence-electron chi connectivity index (χ1n) is 9.96. The van der Waals surface area contributed by atoms with Crippen LogP contribution >= 0.6 is 0 Å². The Kier molecular flexibility index (Phi) is 3.75.